The predicted molar refractivity (Wildman–Crippen MR) is 85.9 cm³/mol. The van der Waals surface area contributed by atoms with E-state index in [9.17, 15) is 35.2 Å². The van der Waals surface area contributed by atoms with Gasteiger partial charge in [-0.05, 0) is 45.4 Å². The molecule has 1 aliphatic heterocycles. The number of alkyl halides is 5. The highest BCUT2D eigenvalue weighted by atomic mass is 32.2. The molecule has 3 fully saturated rings. The molecule has 0 radical (unpaired) electrons. The lowest BCUT2D eigenvalue weighted by Crippen LogP contribution is -2.53. The van der Waals surface area contributed by atoms with Gasteiger partial charge in [0.05, 0.1) is 18.8 Å². The van der Waals surface area contributed by atoms with Crippen LogP contribution in [0, 0.1) is 23.7 Å². The van der Waals surface area contributed by atoms with E-state index >= 15 is 0 Å². The molecule has 6 nitrogen and oxygen atoms in total. The summed E-state index contributed by atoms with van der Waals surface area (Å²) in [4.78, 5) is 14.2. The highest BCUT2D eigenvalue weighted by molar-refractivity contribution is 7.86. The van der Waals surface area contributed by atoms with Gasteiger partial charge in [0.1, 0.15) is 0 Å². The summed E-state index contributed by atoms with van der Waals surface area (Å²) < 4.78 is 102. The minimum atomic E-state index is -6.29. The molecule has 0 spiro atoms. The minimum absolute atomic E-state index is 0.117. The standard InChI is InChI=1S/C16H22F5NO5S/c1-14(2,3)22-11-8-4-7(5-9(8)13(22)23)12(11)27-6-10(15(17,18)19)16(20,21)28(24,25)26/h7-12H,4-6H2,1-3H3,(H,24,25,26). The maximum Gasteiger partial charge on any atom is 0.401 e. The van der Waals surface area contributed by atoms with Crippen molar-refractivity contribution >= 4 is 16.0 Å². The maximum atomic E-state index is 13.8. The largest absolute Gasteiger partial charge is 0.401 e. The van der Waals surface area contributed by atoms with Crippen molar-refractivity contribution in [2.24, 2.45) is 23.7 Å². The Morgan fingerprint density at radius 3 is 2.21 bits per heavy atom. The number of nitrogens with zero attached hydrogens (tertiary/aromatic N) is 1. The van der Waals surface area contributed by atoms with Crippen LogP contribution in [0.25, 0.3) is 0 Å². The predicted octanol–water partition coefficient (Wildman–Crippen LogP) is 2.70. The van der Waals surface area contributed by atoms with Gasteiger partial charge in [-0.25, -0.2) is 0 Å². The van der Waals surface area contributed by atoms with Gasteiger partial charge < -0.3 is 9.64 Å². The van der Waals surface area contributed by atoms with Crippen molar-refractivity contribution in [3.05, 3.63) is 0 Å². The lowest BCUT2D eigenvalue weighted by atomic mass is 9.87. The summed E-state index contributed by atoms with van der Waals surface area (Å²) >= 11 is 0. The quantitative estimate of drug-likeness (QED) is 0.530. The van der Waals surface area contributed by atoms with E-state index in [1.807, 2.05) is 0 Å². The number of ether oxygens (including phenoxy) is 1. The van der Waals surface area contributed by atoms with E-state index in [0.29, 0.717) is 12.8 Å². The molecule has 12 heteroatoms. The highest BCUT2D eigenvalue weighted by Crippen LogP contribution is 2.58. The first kappa shape index (κ1) is 21.7. The second-order valence-electron chi connectivity index (χ2n) is 8.80. The van der Waals surface area contributed by atoms with E-state index in [-0.39, 0.29) is 23.7 Å². The van der Waals surface area contributed by atoms with Crippen LogP contribution < -0.4 is 0 Å². The molecule has 1 saturated heterocycles. The van der Waals surface area contributed by atoms with Gasteiger partial charge in [0.15, 0.2) is 5.92 Å². The first-order valence-electron chi connectivity index (χ1n) is 8.84. The van der Waals surface area contributed by atoms with E-state index in [1.54, 1.807) is 25.7 Å². The maximum absolute atomic E-state index is 13.8. The molecule has 1 heterocycles. The summed E-state index contributed by atoms with van der Waals surface area (Å²) in [6.07, 6.45) is -5.56. The number of amides is 1. The molecule has 1 amide bonds. The number of likely N-dealkylation sites (tertiary alicyclic amines) is 1. The zero-order valence-electron chi connectivity index (χ0n) is 15.4. The second-order valence-corrected chi connectivity index (χ2v) is 10.3. The molecule has 0 aromatic heterocycles. The summed E-state index contributed by atoms with van der Waals surface area (Å²) in [7, 11) is -6.29. The monoisotopic (exact) mass is 435 g/mol. The number of rotatable bonds is 5. The lowest BCUT2D eigenvalue weighted by molar-refractivity contribution is -0.238. The molecule has 28 heavy (non-hydrogen) atoms. The third-order valence-electron chi connectivity index (χ3n) is 6.06. The molecule has 1 N–H and O–H groups in total. The Hall–Kier alpha value is -1.01. The summed E-state index contributed by atoms with van der Waals surface area (Å²) in [6.45, 7) is 3.68. The molecule has 2 saturated carbocycles. The van der Waals surface area contributed by atoms with Gasteiger partial charge in [0.2, 0.25) is 5.91 Å². The molecule has 6 unspecified atom stereocenters. The molecular weight excluding hydrogens is 413 g/mol. The summed E-state index contributed by atoms with van der Waals surface area (Å²) in [5.74, 6) is -4.46. The van der Waals surface area contributed by atoms with Crippen LogP contribution in [-0.4, -0.2) is 59.5 Å². The Morgan fingerprint density at radius 2 is 1.75 bits per heavy atom. The van der Waals surface area contributed by atoms with Crippen LogP contribution in [0.1, 0.15) is 33.6 Å². The Kier molecular flexibility index (Phi) is 4.84. The van der Waals surface area contributed by atoms with Gasteiger partial charge in [0.25, 0.3) is 0 Å². The molecule has 162 valence electrons. The molecule has 0 aromatic carbocycles. The van der Waals surface area contributed by atoms with Gasteiger partial charge in [-0.1, -0.05) is 0 Å². The van der Waals surface area contributed by atoms with Crippen molar-refractivity contribution < 1.29 is 44.5 Å². The zero-order chi connectivity index (χ0) is 21.4. The van der Waals surface area contributed by atoms with Crippen molar-refractivity contribution in [1.29, 1.82) is 0 Å². The van der Waals surface area contributed by atoms with Crippen molar-refractivity contribution in [3.8, 4) is 0 Å². The SMILES string of the molecule is CC(C)(C)N1C(=O)C2CC3CC2C1C3OCC(C(F)(F)F)C(F)(F)S(=O)(=O)O. The van der Waals surface area contributed by atoms with Crippen LogP contribution in [-0.2, 0) is 19.6 Å². The topological polar surface area (TPSA) is 83.9 Å². The Labute approximate surface area is 159 Å². The summed E-state index contributed by atoms with van der Waals surface area (Å²) in [5, 5.41) is -5.44. The zero-order valence-corrected chi connectivity index (χ0v) is 16.2. The normalized spacial score (nSPS) is 34.4. The van der Waals surface area contributed by atoms with Crippen LogP contribution >= 0.6 is 0 Å². The molecule has 6 atom stereocenters. The third-order valence-corrected chi connectivity index (χ3v) is 7.04. The van der Waals surface area contributed by atoms with Crippen molar-refractivity contribution in [1.82, 2.24) is 4.90 Å². The number of fused-ring (bicyclic) bond motifs is 1. The average Bonchev–Trinajstić information content (AvgIpc) is 3.06. The van der Waals surface area contributed by atoms with Crippen molar-refractivity contribution in [2.75, 3.05) is 6.61 Å². The number of carbonyl (C=O) groups is 1. The first-order chi connectivity index (χ1) is 12.5. The van der Waals surface area contributed by atoms with E-state index in [4.69, 9.17) is 9.29 Å². The van der Waals surface area contributed by atoms with Crippen LogP contribution in [0.3, 0.4) is 0 Å². The smallest absolute Gasteiger partial charge is 0.375 e. The van der Waals surface area contributed by atoms with Crippen molar-refractivity contribution in [3.63, 3.8) is 0 Å². The summed E-state index contributed by atoms with van der Waals surface area (Å²) in [6, 6.07) is -0.538. The van der Waals surface area contributed by atoms with E-state index in [1.165, 1.54) is 0 Å². The van der Waals surface area contributed by atoms with Gasteiger partial charge in [-0.3, -0.25) is 9.35 Å². The summed E-state index contributed by atoms with van der Waals surface area (Å²) in [5.41, 5.74) is -0.628. The average molecular weight is 435 g/mol. The van der Waals surface area contributed by atoms with E-state index in [0.717, 1.165) is 0 Å². The minimum Gasteiger partial charge on any atom is -0.375 e. The third kappa shape index (κ3) is 3.20. The molecule has 2 bridgehead atoms. The highest BCUT2D eigenvalue weighted by Gasteiger charge is 2.67. The number of hydrogen-bond donors (Lipinski definition) is 1. The number of hydrogen-bond acceptors (Lipinski definition) is 4. The fourth-order valence-corrected chi connectivity index (χ4v) is 5.57. The fraction of sp³-hybridized carbons (Fsp3) is 0.938. The molecular formula is C16H22F5NO5S. The first-order valence-corrected chi connectivity index (χ1v) is 10.3. The molecule has 2 aliphatic carbocycles. The van der Waals surface area contributed by atoms with E-state index < -0.39 is 51.8 Å². The Bertz CT molecular complexity index is 762. The van der Waals surface area contributed by atoms with Gasteiger partial charge in [-0.15, -0.1) is 0 Å². The van der Waals surface area contributed by atoms with Gasteiger partial charge >= 0.3 is 21.5 Å². The molecule has 0 aromatic rings. The fourth-order valence-electron chi connectivity index (χ4n) is 5.01. The van der Waals surface area contributed by atoms with Gasteiger partial charge in [0, 0.05) is 11.5 Å². The number of halogens is 5. The van der Waals surface area contributed by atoms with Crippen LogP contribution in [0.5, 0.6) is 0 Å². The van der Waals surface area contributed by atoms with Crippen molar-refractivity contribution in [2.45, 2.75) is 62.7 Å². The van der Waals surface area contributed by atoms with Crippen LogP contribution in [0.2, 0.25) is 0 Å². The molecule has 3 aliphatic rings. The number of carbonyl (C=O) groups excluding carboxylic acids is 1. The second kappa shape index (κ2) is 6.24. The van der Waals surface area contributed by atoms with E-state index in [2.05, 4.69) is 0 Å². The Morgan fingerprint density at radius 1 is 1.18 bits per heavy atom. The Balaban J connectivity index is 1.84. The lowest BCUT2D eigenvalue weighted by Gasteiger charge is -2.40. The van der Waals surface area contributed by atoms with Crippen LogP contribution in [0.15, 0.2) is 0 Å². The molecule has 3 rings (SSSR count). The van der Waals surface area contributed by atoms with Gasteiger partial charge in [-0.2, -0.15) is 30.4 Å². The van der Waals surface area contributed by atoms with Crippen LogP contribution in [0.4, 0.5) is 22.0 Å².